The van der Waals surface area contributed by atoms with Crippen LogP contribution in [0.4, 0.5) is 0 Å². The van der Waals surface area contributed by atoms with Gasteiger partial charge in [0.15, 0.2) is 0 Å². The monoisotopic (exact) mass is 755 g/mol. The molecule has 0 aromatic heterocycles. The van der Waals surface area contributed by atoms with Gasteiger partial charge in [-0.1, -0.05) is 148 Å². The van der Waals surface area contributed by atoms with Crippen molar-refractivity contribution in [1.29, 1.82) is 0 Å². The molecule has 3 heteroatoms. The van der Waals surface area contributed by atoms with Crippen molar-refractivity contribution in [3.63, 3.8) is 0 Å². The molecule has 6 rings (SSSR count). The van der Waals surface area contributed by atoms with Crippen molar-refractivity contribution in [2.75, 3.05) is 7.11 Å². The molecule has 5 aromatic carbocycles. The molecule has 0 heterocycles. The number of fused-ring (bicyclic) bond motifs is 2. The van der Waals surface area contributed by atoms with Crippen LogP contribution >= 0.6 is 0 Å². The van der Waals surface area contributed by atoms with Gasteiger partial charge in [0.1, 0.15) is 5.75 Å². The molecular weight excluding hydrogens is 700 g/mol. The van der Waals surface area contributed by atoms with Crippen molar-refractivity contribution in [1.82, 2.24) is 0 Å². The van der Waals surface area contributed by atoms with Crippen LogP contribution in [0.2, 0.25) is 13.1 Å². The SMILES string of the molecule is COc1c(C(C)(C)C)cc2[cH-]c(C)c(C3C(C)=Cc4c(-c5ccc(C(C)(C)C)cc5)cccc43)c2c1-c1ccc(C(C)(C)C)cc1.C[Si](C)=[Zr]. The van der Waals surface area contributed by atoms with E-state index in [1.54, 1.807) is 23.3 Å². The summed E-state index contributed by atoms with van der Waals surface area (Å²) in [5.74, 6) is 1.17. The third kappa shape index (κ3) is 7.66. The third-order valence-corrected chi connectivity index (χ3v) is 10.1. The van der Waals surface area contributed by atoms with Crippen LogP contribution in [-0.4, -0.2) is 12.5 Å². The Labute approximate surface area is 318 Å². The number of ether oxygens (including phenoxy) is 1. The Balaban J connectivity index is 0.00000115. The first-order chi connectivity index (χ1) is 23.2. The molecule has 5 aromatic rings. The third-order valence-electron chi connectivity index (χ3n) is 10.1. The Hall–Kier alpha value is -2.87. The molecule has 0 saturated heterocycles. The molecule has 1 nitrogen and oxygen atoms in total. The van der Waals surface area contributed by atoms with Crippen molar-refractivity contribution in [2.45, 2.75) is 111 Å². The van der Waals surface area contributed by atoms with Gasteiger partial charge in [0, 0.05) is 0 Å². The number of allylic oxidation sites excluding steroid dienone is 1. The number of benzene rings is 4. The Kier molecular flexibility index (Phi) is 11.0. The summed E-state index contributed by atoms with van der Waals surface area (Å²) in [5.41, 5.74) is 16.2. The van der Waals surface area contributed by atoms with Gasteiger partial charge in [0.2, 0.25) is 0 Å². The van der Waals surface area contributed by atoms with Crippen LogP contribution in [0.15, 0.2) is 84.4 Å². The fourth-order valence-corrected chi connectivity index (χ4v) is 7.49. The van der Waals surface area contributed by atoms with Crippen molar-refractivity contribution in [3.8, 4) is 28.0 Å². The molecule has 50 heavy (non-hydrogen) atoms. The molecule has 0 N–H and O–H groups in total. The molecule has 0 radical (unpaired) electrons. The minimum absolute atomic E-state index is 0.0712. The summed E-state index contributed by atoms with van der Waals surface area (Å²) in [6.07, 6.45) is 2.43. The van der Waals surface area contributed by atoms with Gasteiger partial charge in [0.25, 0.3) is 0 Å². The van der Waals surface area contributed by atoms with E-state index in [4.69, 9.17) is 4.74 Å². The number of aryl methyl sites for hydroxylation is 1. The summed E-state index contributed by atoms with van der Waals surface area (Å²) >= 11 is 1.74. The second-order valence-corrected chi connectivity index (χ2v) is 26.9. The first-order valence-electron chi connectivity index (χ1n) is 18.1. The van der Waals surface area contributed by atoms with Gasteiger partial charge >= 0.3 is 41.9 Å². The molecule has 0 spiro atoms. The van der Waals surface area contributed by atoms with Gasteiger partial charge in [-0.2, -0.15) is 0 Å². The number of hydrogen-bond donors (Lipinski definition) is 0. The summed E-state index contributed by atoms with van der Waals surface area (Å²) < 4.78 is 6.38. The predicted molar refractivity (Wildman–Crippen MR) is 217 cm³/mol. The van der Waals surface area contributed by atoms with Crippen LogP contribution in [0.25, 0.3) is 39.1 Å². The molecule has 0 saturated carbocycles. The molecular formula is C47H57OSiZr-. The van der Waals surface area contributed by atoms with Crippen LogP contribution < -0.4 is 4.74 Å². The van der Waals surface area contributed by atoms with E-state index in [-0.39, 0.29) is 27.6 Å². The second kappa shape index (κ2) is 14.3. The Morgan fingerprint density at radius 1 is 0.720 bits per heavy atom. The van der Waals surface area contributed by atoms with Gasteiger partial charge in [0.05, 0.1) is 7.11 Å². The van der Waals surface area contributed by atoms with Gasteiger partial charge in [-0.15, -0.1) is 34.0 Å². The van der Waals surface area contributed by atoms with Gasteiger partial charge < -0.3 is 4.74 Å². The van der Waals surface area contributed by atoms with E-state index < -0.39 is 0 Å². The molecule has 0 bridgehead atoms. The first-order valence-corrected chi connectivity index (χ1v) is 24.3. The molecule has 260 valence electrons. The standard InChI is InChI=1S/C45H51O.C2H6Si.Zr/c1-27-24-31-26-37(45(9,10)11)42(46-12)41(30-18-22-33(23-19-30)44(6,7)8)40(31)39(27)38-28(2)25-36-34(14-13-15-35(36)38)29-16-20-32(21-17-29)43(3,4)5;1-3-2;/h13-26,38H,1-12H3;1-2H3;/q-1;;. The summed E-state index contributed by atoms with van der Waals surface area (Å²) in [7, 11) is 1.84. The van der Waals surface area contributed by atoms with Crippen molar-refractivity contribution in [3.05, 3.63) is 123 Å². The minimum atomic E-state index is -0.0712. The maximum atomic E-state index is 6.38. The van der Waals surface area contributed by atoms with Crippen molar-refractivity contribution >= 4 is 22.3 Å². The quantitative estimate of drug-likeness (QED) is 0.131. The zero-order valence-corrected chi connectivity index (χ0v) is 36.5. The fourth-order valence-electron chi connectivity index (χ4n) is 7.49. The topological polar surface area (TPSA) is 9.23 Å². The number of hydrogen-bond acceptors (Lipinski definition) is 1. The van der Waals surface area contributed by atoms with E-state index in [9.17, 15) is 0 Å². The van der Waals surface area contributed by atoms with Gasteiger partial charge in [-0.05, 0) is 79.2 Å². The summed E-state index contributed by atoms with van der Waals surface area (Å²) in [4.78, 5) is 0. The normalized spacial score (nSPS) is 14.6. The van der Waals surface area contributed by atoms with Gasteiger partial charge in [-0.3, -0.25) is 0 Å². The molecule has 0 amide bonds. The molecule has 1 unspecified atom stereocenters. The second-order valence-electron chi connectivity index (χ2n) is 17.6. The Bertz CT molecular complexity index is 2060. The Morgan fingerprint density at radius 2 is 1.24 bits per heavy atom. The first kappa shape index (κ1) is 38.4. The number of rotatable bonds is 4. The molecule has 1 aliphatic rings. The molecule has 0 fully saturated rings. The zero-order chi connectivity index (χ0) is 36.9. The summed E-state index contributed by atoms with van der Waals surface area (Å²) in [6.45, 7) is 29.7. The fraction of sp³-hybridized carbons (Fsp3) is 0.383. The molecule has 1 aliphatic carbocycles. The van der Waals surface area contributed by atoms with Gasteiger partial charge in [-0.25, -0.2) is 0 Å². The molecule has 0 aliphatic heterocycles. The van der Waals surface area contributed by atoms with Crippen LogP contribution in [0, 0.1) is 6.92 Å². The van der Waals surface area contributed by atoms with E-state index in [2.05, 4.69) is 174 Å². The zero-order valence-electron chi connectivity index (χ0n) is 33.1. The van der Waals surface area contributed by atoms with E-state index in [0.29, 0.717) is 0 Å². The van der Waals surface area contributed by atoms with E-state index in [1.165, 1.54) is 77.5 Å². The average molecular weight is 757 g/mol. The van der Waals surface area contributed by atoms with Crippen LogP contribution in [-0.2, 0) is 39.6 Å². The van der Waals surface area contributed by atoms with Crippen molar-refractivity contribution in [2.24, 2.45) is 0 Å². The van der Waals surface area contributed by atoms with E-state index in [0.717, 1.165) is 5.75 Å². The summed E-state index contributed by atoms with van der Waals surface area (Å²) in [5, 5.41) is 2.61. The number of methoxy groups -OCH3 is 1. The van der Waals surface area contributed by atoms with Crippen molar-refractivity contribution < 1.29 is 28.1 Å². The van der Waals surface area contributed by atoms with Crippen LogP contribution in [0.1, 0.15) is 114 Å². The summed E-state index contributed by atoms with van der Waals surface area (Å²) in [6, 6.07) is 30.1. The molecule has 1 atom stereocenters. The van der Waals surface area contributed by atoms with E-state index >= 15 is 0 Å². The van der Waals surface area contributed by atoms with E-state index in [1.807, 2.05) is 7.11 Å². The van der Waals surface area contributed by atoms with Crippen LogP contribution in [0.5, 0.6) is 5.75 Å². The van der Waals surface area contributed by atoms with Crippen LogP contribution in [0.3, 0.4) is 0 Å². The average Bonchev–Trinajstić information content (AvgIpc) is 3.52. The Morgan fingerprint density at radius 3 is 1.72 bits per heavy atom. The predicted octanol–water partition coefficient (Wildman–Crippen LogP) is 13.4. The maximum absolute atomic E-state index is 6.38.